The molecule has 3 rings (SSSR count). The fourth-order valence-corrected chi connectivity index (χ4v) is 2.97. The summed E-state index contributed by atoms with van der Waals surface area (Å²) in [5, 5.41) is 0. The minimum Gasteiger partial charge on any atom is -0.372 e. The number of imide groups is 1. The Morgan fingerprint density at radius 1 is 0.857 bits per heavy atom. The molecule has 2 heterocycles. The summed E-state index contributed by atoms with van der Waals surface area (Å²) in [6.07, 6.45) is 6.46. The molecule has 2 amide bonds. The van der Waals surface area contributed by atoms with Crippen LogP contribution in [0.3, 0.4) is 0 Å². The van der Waals surface area contributed by atoms with Crippen molar-refractivity contribution in [1.29, 1.82) is 0 Å². The van der Waals surface area contributed by atoms with E-state index in [1.807, 2.05) is 24.3 Å². The van der Waals surface area contributed by atoms with Gasteiger partial charge in [-0.2, -0.15) is 0 Å². The number of amides is 2. The third-order valence-electron chi connectivity index (χ3n) is 4.18. The SMILES string of the molecule is CC1=CC(=O)N(c2ccc(N3CCCCCC3)cc2)C1=O. The second-order valence-electron chi connectivity index (χ2n) is 5.72. The van der Waals surface area contributed by atoms with Crippen molar-refractivity contribution in [3.8, 4) is 0 Å². The van der Waals surface area contributed by atoms with Crippen molar-refractivity contribution in [3.63, 3.8) is 0 Å². The van der Waals surface area contributed by atoms with Crippen LogP contribution < -0.4 is 9.80 Å². The molecule has 0 unspecified atom stereocenters. The van der Waals surface area contributed by atoms with Crippen molar-refractivity contribution in [2.45, 2.75) is 32.6 Å². The van der Waals surface area contributed by atoms with Crippen molar-refractivity contribution in [3.05, 3.63) is 35.9 Å². The van der Waals surface area contributed by atoms with Crippen molar-refractivity contribution >= 4 is 23.2 Å². The maximum absolute atomic E-state index is 12.0. The van der Waals surface area contributed by atoms with E-state index in [9.17, 15) is 9.59 Å². The summed E-state index contributed by atoms with van der Waals surface area (Å²) in [7, 11) is 0. The van der Waals surface area contributed by atoms with Crippen LogP contribution in [0, 0.1) is 0 Å². The molecule has 4 heteroatoms. The molecule has 0 bridgehead atoms. The maximum atomic E-state index is 12.0. The number of hydrogen-bond acceptors (Lipinski definition) is 3. The van der Waals surface area contributed by atoms with Crippen LogP contribution in [0.15, 0.2) is 35.9 Å². The number of benzene rings is 1. The first-order valence-electron chi connectivity index (χ1n) is 7.58. The maximum Gasteiger partial charge on any atom is 0.261 e. The third kappa shape index (κ3) is 2.71. The summed E-state index contributed by atoms with van der Waals surface area (Å²) >= 11 is 0. The molecule has 1 fully saturated rings. The lowest BCUT2D eigenvalue weighted by Crippen LogP contribution is -2.30. The molecular weight excluding hydrogens is 264 g/mol. The highest BCUT2D eigenvalue weighted by atomic mass is 16.2. The average molecular weight is 284 g/mol. The highest BCUT2D eigenvalue weighted by molar-refractivity contribution is 6.30. The Hall–Kier alpha value is -2.10. The van der Waals surface area contributed by atoms with E-state index in [-0.39, 0.29) is 11.8 Å². The van der Waals surface area contributed by atoms with Gasteiger partial charge in [0.1, 0.15) is 0 Å². The van der Waals surface area contributed by atoms with E-state index >= 15 is 0 Å². The highest BCUT2D eigenvalue weighted by Gasteiger charge is 2.29. The van der Waals surface area contributed by atoms with E-state index in [0.29, 0.717) is 11.3 Å². The Labute approximate surface area is 125 Å². The van der Waals surface area contributed by atoms with Gasteiger partial charge in [0.05, 0.1) is 5.69 Å². The van der Waals surface area contributed by atoms with Gasteiger partial charge in [-0.3, -0.25) is 9.59 Å². The first-order chi connectivity index (χ1) is 10.2. The normalized spacial score (nSPS) is 19.8. The van der Waals surface area contributed by atoms with Gasteiger partial charge in [-0.1, -0.05) is 12.8 Å². The molecule has 4 nitrogen and oxygen atoms in total. The monoisotopic (exact) mass is 284 g/mol. The first-order valence-corrected chi connectivity index (χ1v) is 7.58. The van der Waals surface area contributed by atoms with E-state index in [2.05, 4.69) is 4.90 Å². The van der Waals surface area contributed by atoms with Gasteiger partial charge in [-0.05, 0) is 44.0 Å². The molecule has 1 aromatic rings. The molecule has 0 aliphatic carbocycles. The van der Waals surface area contributed by atoms with Gasteiger partial charge in [0.2, 0.25) is 0 Å². The smallest absolute Gasteiger partial charge is 0.261 e. The van der Waals surface area contributed by atoms with E-state index in [4.69, 9.17) is 0 Å². The number of nitrogens with zero attached hydrogens (tertiary/aromatic N) is 2. The molecule has 0 spiro atoms. The van der Waals surface area contributed by atoms with Crippen molar-refractivity contribution in [2.75, 3.05) is 22.9 Å². The Balaban J connectivity index is 1.78. The summed E-state index contributed by atoms with van der Waals surface area (Å²) in [6, 6.07) is 7.74. The third-order valence-corrected chi connectivity index (χ3v) is 4.18. The molecule has 0 aromatic heterocycles. The fraction of sp³-hybridized carbons (Fsp3) is 0.412. The fourth-order valence-electron chi connectivity index (χ4n) is 2.97. The Kier molecular flexibility index (Phi) is 3.78. The van der Waals surface area contributed by atoms with E-state index in [1.165, 1.54) is 42.3 Å². The van der Waals surface area contributed by atoms with Crippen LogP contribution in [0.5, 0.6) is 0 Å². The number of carbonyl (C=O) groups is 2. The predicted octanol–water partition coefficient (Wildman–Crippen LogP) is 2.89. The van der Waals surface area contributed by atoms with Gasteiger partial charge >= 0.3 is 0 Å². The molecule has 1 saturated heterocycles. The van der Waals surface area contributed by atoms with Gasteiger partial charge in [0.25, 0.3) is 11.8 Å². The number of rotatable bonds is 2. The van der Waals surface area contributed by atoms with Gasteiger partial charge < -0.3 is 4.90 Å². The molecule has 1 aromatic carbocycles. The van der Waals surface area contributed by atoms with Crippen LogP contribution >= 0.6 is 0 Å². The van der Waals surface area contributed by atoms with Crippen LogP contribution in [-0.2, 0) is 9.59 Å². The molecular formula is C17H20N2O2. The quantitative estimate of drug-likeness (QED) is 0.784. The van der Waals surface area contributed by atoms with Gasteiger partial charge in [-0.15, -0.1) is 0 Å². The van der Waals surface area contributed by atoms with Gasteiger partial charge in [0, 0.05) is 30.4 Å². The molecule has 2 aliphatic heterocycles. The van der Waals surface area contributed by atoms with Crippen molar-refractivity contribution < 1.29 is 9.59 Å². The predicted molar refractivity (Wildman–Crippen MR) is 83.4 cm³/mol. The summed E-state index contributed by atoms with van der Waals surface area (Å²) in [5.74, 6) is -0.470. The number of carbonyl (C=O) groups excluding carboxylic acids is 2. The summed E-state index contributed by atoms with van der Waals surface area (Å²) in [5.41, 5.74) is 2.32. The summed E-state index contributed by atoms with van der Waals surface area (Å²) < 4.78 is 0. The molecule has 21 heavy (non-hydrogen) atoms. The molecule has 0 N–H and O–H groups in total. The van der Waals surface area contributed by atoms with Crippen LogP contribution in [0.1, 0.15) is 32.6 Å². The zero-order chi connectivity index (χ0) is 14.8. The lowest BCUT2D eigenvalue weighted by molar-refractivity contribution is -0.120. The minimum absolute atomic E-state index is 0.220. The lowest BCUT2D eigenvalue weighted by Gasteiger charge is -2.23. The zero-order valence-corrected chi connectivity index (χ0v) is 12.3. The highest BCUT2D eigenvalue weighted by Crippen LogP contribution is 2.26. The van der Waals surface area contributed by atoms with Crippen molar-refractivity contribution in [2.24, 2.45) is 0 Å². The van der Waals surface area contributed by atoms with E-state index in [0.717, 1.165) is 13.1 Å². The van der Waals surface area contributed by atoms with Crippen LogP contribution in [0.2, 0.25) is 0 Å². The Morgan fingerprint density at radius 2 is 1.43 bits per heavy atom. The largest absolute Gasteiger partial charge is 0.372 e. The number of hydrogen-bond donors (Lipinski definition) is 0. The first kappa shape index (κ1) is 13.9. The number of anilines is 2. The van der Waals surface area contributed by atoms with Gasteiger partial charge in [-0.25, -0.2) is 4.90 Å². The van der Waals surface area contributed by atoms with E-state index in [1.54, 1.807) is 6.92 Å². The molecule has 110 valence electrons. The Morgan fingerprint density at radius 3 is 1.95 bits per heavy atom. The topological polar surface area (TPSA) is 40.6 Å². The summed E-state index contributed by atoms with van der Waals surface area (Å²) in [6.45, 7) is 3.84. The second-order valence-corrected chi connectivity index (χ2v) is 5.72. The van der Waals surface area contributed by atoms with Crippen LogP contribution in [0.25, 0.3) is 0 Å². The van der Waals surface area contributed by atoms with Crippen LogP contribution in [-0.4, -0.2) is 24.9 Å². The Bertz CT molecular complexity index is 581. The standard InChI is InChI=1S/C17H20N2O2/c1-13-12-16(20)19(17(13)21)15-8-6-14(7-9-15)18-10-4-2-3-5-11-18/h6-9,12H,2-5,10-11H2,1H3. The molecule has 0 radical (unpaired) electrons. The second kappa shape index (κ2) is 5.72. The summed E-state index contributed by atoms with van der Waals surface area (Å²) in [4.78, 5) is 27.4. The molecule has 2 aliphatic rings. The van der Waals surface area contributed by atoms with E-state index < -0.39 is 0 Å². The van der Waals surface area contributed by atoms with Crippen molar-refractivity contribution in [1.82, 2.24) is 0 Å². The average Bonchev–Trinajstić information content (AvgIpc) is 2.69. The zero-order valence-electron chi connectivity index (χ0n) is 12.3. The van der Waals surface area contributed by atoms with Gasteiger partial charge in [0.15, 0.2) is 0 Å². The minimum atomic E-state index is -0.250. The molecule has 0 saturated carbocycles. The van der Waals surface area contributed by atoms with Crippen LogP contribution in [0.4, 0.5) is 11.4 Å². The molecule has 0 atom stereocenters. The lowest BCUT2D eigenvalue weighted by atomic mass is 10.2.